The summed E-state index contributed by atoms with van der Waals surface area (Å²) in [5, 5.41) is 0. The number of piperidine rings is 1. The number of allylic oxidation sites excluding steroid dienone is 2. The summed E-state index contributed by atoms with van der Waals surface area (Å²) in [6, 6.07) is 8.98. The van der Waals surface area contributed by atoms with Crippen LogP contribution in [0.25, 0.3) is 0 Å². The largest absolute Gasteiger partial charge is 0.338 e. The van der Waals surface area contributed by atoms with Gasteiger partial charge in [-0.15, -0.1) is 0 Å². The molecule has 2 fully saturated rings. The lowest BCUT2D eigenvalue weighted by Gasteiger charge is -2.60. The molecular weight excluding hydrogens is 246 g/mol. The third kappa shape index (κ3) is 1.11. The van der Waals surface area contributed by atoms with Crippen LogP contribution in [0.5, 0.6) is 0 Å². The maximum Gasteiger partial charge on any atom is 0.230 e. The van der Waals surface area contributed by atoms with Gasteiger partial charge in [0, 0.05) is 7.05 Å². The summed E-state index contributed by atoms with van der Waals surface area (Å²) in [5.41, 5.74) is 2.74. The van der Waals surface area contributed by atoms with Crippen LogP contribution < -0.4 is 0 Å². The summed E-state index contributed by atoms with van der Waals surface area (Å²) in [6.45, 7) is 0. The van der Waals surface area contributed by atoms with Gasteiger partial charge in [-0.05, 0) is 47.6 Å². The Hall–Kier alpha value is -1.57. The molecule has 6 aliphatic rings. The molecule has 4 aliphatic carbocycles. The molecule has 0 N–H and O–H groups in total. The second-order valence-corrected chi connectivity index (χ2v) is 6.95. The minimum Gasteiger partial charge on any atom is -0.338 e. The molecule has 0 unspecified atom stereocenters. The molecule has 20 heavy (non-hydrogen) atoms. The van der Waals surface area contributed by atoms with Crippen molar-refractivity contribution in [3.8, 4) is 0 Å². The standard InChI is InChI=1S/C18H19NO/c1-19-17-13-5-3-2-4-12(13)16(18(19)20)14-10-6-8-11(9-7-10)15(14)17/h2-6,8,10-11,14-17H,7,9H2,1H3/t10-,11+,14-,15+,16-,17+/m1/s1. The molecule has 4 bridgehead atoms. The fourth-order valence-electron chi connectivity index (χ4n) is 5.59. The zero-order valence-corrected chi connectivity index (χ0v) is 11.7. The first-order valence-electron chi connectivity index (χ1n) is 7.81. The van der Waals surface area contributed by atoms with Crippen LogP contribution in [0.3, 0.4) is 0 Å². The van der Waals surface area contributed by atoms with Gasteiger partial charge in [0.15, 0.2) is 0 Å². The minimum absolute atomic E-state index is 0.115. The van der Waals surface area contributed by atoms with Gasteiger partial charge in [-0.1, -0.05) is 36.4 Å². The summed E-state index contributed by atoms with van der Waals surface area (Å²) >= 11 is 0. The zero-order valence-electron chi connectivity index (χ0n) is 11.7. The average Bonchev–Trinajstić information content (AvgIpc) is 2.51. The quantitative estimate of drug-likeness (QED) is 0.660. The lowest BCUT2D eigenvalue weighted by Crippen LogP contribution is -2.59. The smallest absolute Gasteiger partial charge is 0.230 e. The lowest BCUT2D eigenvalue weighted by molar-refractivity contribution is -0.151. The van der Waals surface area contributed by atoms with Gasteiger partial charge in [0.05, 0.1) is 12.0 Å². The van der Waals surface area contributed by atoms with E-state index in [1.165, 1.54) is 24.0 Å². The normalized spacial score (nSPS) is 43.6. The highest BCUT2D eigenvalue weighted by Crippen LogP contribution is 2.63. The third-order valence-electron chi connectivity index (χ3n) is 6.30. The summed E-state index contributed by atoms with van der Waals surface area (Å²) in [6.07, 6.45) is 7.45. The number of amides is 1. The number of rotatable bonds is 0. The molecular formula is C18H19NO. The van der Waals surface area contributed by atoms with E-state index in [9.17, 15) is 4.79 Å². The van der Waals surface area contributed by atoms with E-state index in [2.05, 4.69) is 36.4 Å². The number of hydrogen-bond acceptors (Lipinski definition) is 1. The molecule has 1 saturated carbocycles. The highest BCUT2D eigenvalue weighted by Gasteiger charge is 2.59. The van der Waals surface area contributed by atoms with Crippen molar-refractivity contribution in [2.45, 2.75) is 24.8 Å². The summed E-state index contributed by atoms with van der Waals surface area (Å²) in [5.74, 6) is 2.99. The molecule has 2 nitrogen and oxygen atoms in total. The van der Waals surface area contributed by atoms with Crippen LogP contribution in [0, 0.1) is 23.7 Å². The van der Waals surface area contributed by atoms with Crippen LogP contribution in [-0.4, -0.2) is 17.9 Å². The molecule has 1 aromatic carbocycles. The van der Waals surface area contributed by atoms with E-state index in [1.54, 1.807) is 0 Å². The van der Waals surface area contributed by atoms with Crippen LogP contribution in [0.15, 0.2) is 36.4 Å². The van der Waals surface area contributed by atoms with Gasteiger partial charge < -0.3 is 4.90 Å². The van der Waals surface area contributed by atoms with Crippen molar-refractivity contribution >= 4 is 5.91 Å². The number of hydrogen-bond donors (Lipinski definition) is 0. The van der Waals surface area contributed by atoms with Gasteiger partial charge >= 0.3 is 0 Å². The molecule has 2 heteroatoms. The first-order valence-corrected chi connectivity index (χ1v) is 7.81. The minimum atomic E-state index is 0.115. The first-order chi connectivity index (χ1) is 9.77. The Labute approximate surface area is 119 Å². The van der Waals surface area contributed by atoms with E-state index in [1.807, 2.05) is 11.9 Å². The molecule has 102 valence electrons. The van der Waals surface area contributed by atoms with Gasteiger partial charge in [-0.3, -0.25) is 4.79 Å². The molecule has 6 atom stereocenters. The molecule has 0 spiro atoms. The molecule has 2 aliphatic heterocycles. The van der Waals surface area contributed by atoms with Crippen molar-refractivity contribution < 1.29 is 4.79 Å². The predicted octanol–water partition coefficient (Wildman–Crippen LogP) is 3.13. The van der Waals surface area contributed by atoms with E-state index in [-0.39, 0.29) is 5.92 Å². The molecule has 1 saturated heterocycles. The molecule has 0 aromatic heterocycles. The Morgan fingerprint density at radius 1 is 1.00 bits per heavy atom. The van der Waals surface area contributed by atoms with Crippen LogP contribution in [-0.2, 0) is 4.79 Å². The van der Waals surface area contributed by atoms with Gasteiger partial charge in [0.25, 0.3) is 0 Å². The van der Waals surface area contributed by atoms with Gasteiger partial charge in [-0.25, -0.2) is 0 Å². The highest BCUT2D eigenvalue weighted by atomic mass is 16.2. The first kappa shape index (κ1) is 11.1. The molecule has 1 aromatic rings. The van der Waals surface area contributed by atoms with Crippen molar-refractivity contribution in [1.82, 2.24) is 4.90 Å². The monoisotopic (exact) mass is 265 g/mol. The Kier molecular flexibility index (Phi) is 1.97. The Bertz CT molecular complexity index is 634. The lowest BCUT2D eigenvalue weighted by atomic mass is 9.49. The third-order valence-corrected chi connectivity index (χ3v) is 6.30. The van der Waals surface area contributed by atoms with Gasteiger partial charge in [0.1, 0.15) is 0 Å². The zero-order chi connectivity index (χ0) is 13.4. The van der Waals surface area contributed by atoms with E-state index in [0.717, 1.165) is 0 Å². The SMILES string of the molecule is CN1C(=O)[C@@H]2c3ccccc3[C@H]1[C@@H]1[C@H]2[C@@H]2C=C[C@H]1CC2. The predicted molar refractivity (Wildman–Crippen MR) is 77.0 cm³/mol. The maximum absolute atomic E-state index is 12.8. The second kappa shape index (κ2) is 3.55. The summed E-state index contributed by atoms with van der Waals surface area (Å²) < 4.78 is 0. The number of carbonyl (C=O) groups excluding carboxylic acids is 1. The van der Waals surface area contributed by atoms with Gasteiger partial charge in [-0.2, -0.15) is 0 Å². The van der Waals surface area contributed by atoms with Crippen LogP contribution in [0.2, 0.25) is 0 Å². The van der Waals surface area contributed by atoms with E-state index in [0.29, 0.717) is 35.6 Å². The Balaban J connectivity index is 1.77. The Morgan fingerprint density at radius 2 is 1.65 bits per heavy atom. The number of likely N-dealkylation sites (N-methyl/N-ethyl adjacent to an activating group) is 1. The maximum atomic E-state index is 12.8. The van der Waals surface area contributed by atoms with E-state index in [4.69, 9.17) is 0 Å². The fraction of sp³-hybridized carbons (Fsp3) is 0.500. The fourth-order valence-corrected chi connectivity index (χ4v) is 5.59. The number of carbonyl (C=O) groups is 1. The van der Waals surface area contributed by atoms with E-state index < -0.39 is 0 Å². The molecule has 2 heterocycles. The number of nitrogens with zero attached hydrogens (tertiary/aromatic N) is 1. The molecule has 0 radical (unpaired) electrons. The van der Waals surface area contributed by atoms with Crippen LogP contribution >= 0.6 is 0 Å². The van der Waals surface area contributed by atoms with E-state index >= 15 is 0 Å². The number of benzene rings is 1. The number of fused-ring (bicyclic) bond motifs is 2. The average molecular weight is 265 g/mol. The second-order valence-electron chi connectivity index (χ2n) is 6.95. The molecule has 7 rings (SSSR count). The van der Waals surface area contributed by atoms with Crippen molar-refractivity contribution in [2.24, 2.45) is 23.7 Å². The summed E-state index contributed by atoms with van der Waals surface area (Å²) in [7, 11) is 2.01. The van der Waals surface area contributed by atoms with Crippen molar-refractivity contribution in [3.05, 3.63) is 47.5 Å². The topological polar surface area (TPSA) is 20.3 Å². The van der Waals surface area contributed by atoms with Crippen molar-refractivity contribution in [3.63, 3.8) is 0 Å². The molecule has 1 amide bonds. The van der Waals surface area contributed by atoms with Crippen LogP contribution in [0.4, 0.5) is 0 Å². The van der Waals surface area contributed by atoms with Crippen molar-refractivity contribution in [2.75, 3.05) is 7.05 Å². The van der Waals surface area contributed by atoms with Gasteiger partial charge in [0.2, 0.25) is 5.91 Å². The highest BCUT2D eigenvalue weighted by molar-refractivity contribution is 5.88. The Morgan fingerprint density at radius 3 is 2.35 bits per heavy atom. The van der Waals surface area contributed by atoms with Crippen molar-refractivity contribution in [1.29, 1.82) is 0 Å². The summed E-state index contributed by atoms with van der Waals surface area (Å²) in [4.78, 5) is 14.8. The van der Waals surface area contributed by atoms with Crippen LogP contribution in [0.1, 0.15) is 35.9 Å².